The van der Waals surface area contributed by atoms with Gasteiger partial charge in [0.05, 0.1) is 0 Å². The second-order valence-electron chi connectivity index (χ2n) is 3.28. The van der Waals surface area contributed by atoms with E-state index in [1.54, 1.807) is 0 Å². The second-order valence-corrected chi connectivity index (χ2v) is 5.66. The van der Waals surface area contributed by atoms with Crippen molar-refractivity contribution in [2.24, 2.45) is 0 Å². The maximum Gasteiger partial charge on any atom is 0.0493 e. The van der Waals surface area contributed by atoms with Gasteiger partial charge in [-0.15, -0.1) is 0 Å². The summed E-state index contributed by atoms with van der Waals surface area (Å²) in [7, 11) is 0.309. The number of nitrogens with one attached hydrogen (secondary N) is 2. The van der Waals surface area contributed by atoms with Crippen LogP contribution in [0.25, 0.3) is 0 Å². The van der Waals surface area contributed by atoms with Crippen LogP contribution in [0.1, 0.15) is 6.42 Å². The lowest BCUT2D eigenvalue weighted by Crippen LogP contribution is -2.45. The van der Waals surface area contributed by atoms with Crippen molar-refractivity contribution in [2.45, 2.75) is 6.42 Å². The van der Waals surface area contributed by atoms with E-state index in [9.17, 15) is 0 Å². The average molecular weight is 173 g/mol. The number of hydrogen-bond donors (Lipinski definition) is 2. The van der Waals surface area contributed by atoms with Gasteiger partial charge in [0.2, 0.25) is 0 Å². The first-order chi connectivity index (χ1) is 5.45. The van der Waals surface area contributed by atoms with Crippen molar-refractivity contribution in [1.29, 1.82) is 0 Å². The van der Waals surface area contributed by atoms with E-state index in [0.29, 0.717) is 7.92 Å². The summed E-state index contributed by atoms with van der Waals surface area (Å²) in [6, 6.07) is 0. The Morgan fingerprint density at radius 3 is 3.27 bits per heavy atom. The van der Waals surface area contributed by atoms with Crippen molar-refractivity contribution >= 4 is 7.92 Å². The summed E-state index contributed by atoms with van der Waals surface area (Å²) < 4.78 is 0. The Bertz CT molecular complexity index is 119. The Kier molecular flexibility index (Phi) is 2.75. The largest absolute Gasteiger partial charge is 0.300 e. The van der Waals surface area contributed by atoms with Gasteiger partial charge >= 0.3 is 0 Å². The quantitative estimate of drug-likeness (QED) is 0.512. The Morgan fingerprint density at radius 1 is 1.27 bits per heavy atom. The molecule has 4 heteroatoms. The highest BCUT2D eigenvalue weighted by Gasteiger charge is 2.19. The molecule has 2 fully saturated rings. The number of fused-ring (bicyclic) bond motifs is 2. The third-order valence-electron chi connectivity index (χ3n) is 2.27. The van der Waals surface area contributed by atoms with Crippen molar-refractivity contribution in [3.8, 4) is 0 Å². The molecule has 2 aliphatic rings. The van der Waals surface area contributed by atoms with E-state index in [2.05, 4.69) is 15.5 Å². The minimum atomic E-state index is 0.309. The second kappa shape index (κ2) is 3.81. The maximum absolute atomic E-state index is 3.43. The zero-order valence-electron chi connectivity index (χ0n) is 6.84. The molecule has 3 nitrogen and oxygen atoms in total. The molecule has 0 aromatic heterocycles. The lowest BCUT2D eigenvalue weighted by atomic mass is 10.4. The van der Waals surface area contributed by atoms with Crippen molar-refractivity contribution < 1.29 is 0 Å². The lowest BCUT2D eigenvalue weighted by molar-refractivity contribution is 0.276. The molecule has 2 atom stereocenters. The fourth-order valence-corrected chi connectivity index (χ4v) is 3.94. The van der Waals surface area contributed by atoms with Gasteiger partial charge in [-0.1, -0.05) is 7.92 Å². The summed E-state index contributed by atoms with van der Waals surface area (Å²) in [5.74, 6) is 0. The van der Waals surface area contributed by atoms with Crippen LogP contribution in [0.3, 0.4) is 0 Å². The Balaban J connectivity index is 1.90. The van der Waals surface area contributed by atoms with E-state index in [4.69, 9.17) is 0 Å². The van der Waals surface area contributed by atoms with Gasteiger partial charge in [-0.2, -0.15) is 0 Å². The third-order valence-corrected chi connectivity index (χ3v) is 4.69. The molecule has 2 rings (SSSR count). The zero-order chi connectivity index (χ0) is 7.52. The molecule has 11 heavy (non-hydrogen) atoms. The van der Waals surface area contributed by atoms with Crippen molar-refractivity contribution in [2.75, 3.05) is 38.6 Å². The molecule has 2 heterocycles. The van der Waals surface area contributed by atoms with Crippen LogP contribution in [-0.4, -0.2) is 43.5 Å². The van der Waals surface area contributed by atoms with Gasteiger partial charge in [0, 0.05) is 32.5 Å². The molecular weight excluding hydrogens is 157 g/mol. The van der Waals surface area contributed by atoms with Crippen molar-refractivity contribution in [3.05, 3.63) is 0 Å². The fraction of sp³-hybridized carbons (Fsp3) is 1.00. The fourth-order valence-electron chi connectivity index (χ4n) is 1.72. The van der Waals surface area contributed by atoms with Gasteiger partial charge in [0.15, 0.2) is 0 Å². The zero-order valence-corrected chi connectivity index (χ0v) is 7.74. The minimum Gasteiger partial charge on any atom is -0.300 e. The summed E-state index contributed by atoms with van der Waals surface area (Å²) in [6.45, 7) is 3.40. The topological polar surface area (TPSA) is 27.3 Å². The molecule has 2 saturated heterocycles. The van der Waals surface area contributed by atoms with Crippen molar-refractivity contribution in [3.63, 3.8) is 0 Å². The Morgan fingerprint density at radius 2 is 2.27 bits per heavy atom. The number of rotatable bonds is 0. The summed E-state index contributed by atoms with van der Waals surface area (Å²) in [6.07, 6.45) is 5.52. The molecule has 0 aliphatic carbocycles. The van der Waals surface area contributed by atoms with Crippen LogP contribution in [-0.2, 0) is 0 Å². The summed E-state index contributed by atoms with van der Waals surface area (Å²) in [5, 5.41) is 6.80. The smallest absolute Gasteiger partial charge is 0.0493 e. The highest BCUT2D eigenvalue weighted by Crippen LogP contribution is 2.38. The molecule has 2 aliphatic heterocycles. The van der Waals surface area contributed by atoms with Gasteiger partial charge in [-0.3, -0.25) is 10.2 Å². The third kappa shape index (κ3) is 2.12. The molecule has 0 aromatic carbocycles. The van der Waals surface area contributed by atoms with E-state index in [1.807, 2.05) is 0 Å². The van der Waals surface area contributed by atoms with Crippen LogP contribution in [0.2, 0.25) is 0 Å². The predicted molar refractivity (Wildman–Crippen MR) is 48.8 cm³/mol. The lowest BCUT2D eigenvalue weighted by Gasteiger charge is -2.35. The molecule has 0 saturated carbocycles. The van der Waals surface area contributed by atoms with Gasteiger partial charge in [-0.25, -0.2) is 0 Å². The van der Waals surface area contributed by atoms with E-state index in [0.717, 1.165) is 13.3 Å². The van der Waals surface area contributed by atoms with Gasteiger partial charge in [0.25, 0.3) is 0 Å². The van der Waals surface area contributed by atoms with Gasteiger partial charge < -0.3 is 5.32 Å². The van der Waals surface area contributed by atoms with E-state index < -0.39 is 0 Å². The van der Waals surface area contributed by atoms with Gasteiger partial charge in [0.1, 0.15) is 0 Å². The minimum absolute atomic E-state index is 0.309. The molecular formula is C7H16N3P. The predicted octanol–water partition coefficient (Wildman–Crippen LogP) is 0.197. The average Bonchev–Trinajstić information content (AvgIpc) is 2.02. The van der Waals surface area contributed by atoms with Crippen LogP contribution < -0.4 is 10.6 Å². The van der Waals surface area contributed by atoms with Crippen LogP contribution >= 0.6 is 7.92 Å². The van der Waals surface area contributed by atoms with Gasteiger partial charge in [-0.05, 0) is 12.6 Å². The molecule has 2 bridgehead atoms. The normalized spacial score (nSPS) is 39.3. The van der Waals surface area contributed by atoms with Crippen LogP contribution in [0.5, 0.6) is 0 Å². The van der Waals surface area contributed by atoms with E-state index >= 15 is 0 Å². The molecule has 0 radical (unpaired) electrons. The number of nitrogens with zero attached hydrogens (tertiary/aromatic N) is 1. The molecule has 64 valence electrons. The molecule has 2 unspecified atom stereocenters. The van der Waals surface area contributed by atoms with Crippen LogP contribution in [0.15, 0.2) is 0 Å². The first kappa shape index (κ1) is 7.93. The standard InChI is InChI=1S/C7H16N3P/c1-2-10-5-8-4-9-6-11(3-1)7-10/h8-9H,1-7H2. The first-order valence-electron chi connectivity index (χ1n) is 4.31. The van der Waals surface area contributed by atoms with E-state index in [1.165, 1.54) is 31.7 Å². The molecule has 2 N–H and O–H groups in total. The van der Waals surface area contributed by atoms with E-state index in [-0.39, 0.29) is 0 Å². The first-order valence-corrected chi connectivity index (χ1v) is 6.21. The Hall–Kier alpha value is 0.310. The summed E-state index contributed by atoms with van der Waals surface area (Å²) >= 11 is 0. The Labute approximate surface area is 69.3 Å². The highest BCUT2D eigenvalue weighted by atomic mass is 31.1. The number of hydrogen-bond acceptors (Lipinski definition) is 3. The summed E-state index contributed by atoms with van der Waals surface area (Å²) in [5.41, 5.74) is 0. The monoisotopic (exact) mass is 173 g/mol. The highest BCUT2D eigenvalue weighted by molar-refractivity contribution is 7.57. The molecule has 0 amide bonds. The molecule has 0 aromatic rings. The SMILES string of the molecule is C1CN2CNCNCP(C1)C2. The van der Waals surface area contributed by atoms with Crippen LogP contribution in [0, 0.1) is 0 Å². The molecule has 0 spiro atoms. The summed E-state index contributed by atoms with van der Waals surface area (Å²) in [4.78, 5) is 2.55. The van der Waals surface area contributed by atoms with Crippen LogP contribution in [0.4, 0.5) is 0 Å². The van der Waals surface area contributed by atoms with Crippen molar-refractivity contribution in [1.82, 2.24) is 15.5 Å². The maximum atomic E-state index is 3.43.